The van der Waals surface area contributed by atoms with Crippen LogP contribution in [0.15, 0.2) is 16.6 Å². The molecule has 1 rings (SSSR count). The van der Waals surface area contributed by atoms with Gasteiger partial charge in [-0.2, -0.15) is 12.7 Å². The van der Waals surface area contributed by atoms with Gasteiger partial charge in [0, 0.05) is 23.6 Å². The maximum Gasteiger partial charge on any atom is 0.301 e. The molecule has 0 aliphatic rings. The molecule has 0 heterocycles. The zero-order valence-corrected chi connectivity index (χ0v) is 12.2. The molecule has 0 aliphatic heterocycles. The molecule has 0 spiro atoms. The van der Waals surface area contributed by atoms with E-state index in [0.717, 1.165) is 9.87 Å². The van der Waals surface area contributed by atoms with Crippen molar-refractivity contribution in [1.82, 2.24) is 4.31 Å². The standard InChI is InChI=1S/C9H12BrClN2O2S/c1-6-4-7(10)9(5-8(6)11)12-16(14,15)13(2)3/h4-5,12H,1-3H3. The van der Waals surface area contributed by atoms with Crippen LogP contribution in [-0.4, -0.2) is 26.8 Å². The van der Waals surface area contributed by atoms with Crippen molar-refractivity contribution < 1.29 is 8.42 Å². The van der Waals surface area contributed by atoms with Crippen molar-refractivity contribution in [3.05, 3.63) is 27.2 Å². The molecule has 0 atom stereocenters. The van der Waals surface area contributed by atoms with Crippen LogP contribution in [-0.2, 0) is 10.2 Å². The molecule has 0 saturated heterocycles. The normalized spacial score (nSPS) is 11.9. The number of halogens is 2. The lowest BCUT2D eigenvalue weighted by Gasteiger charge is -2.15. The number of nitrogens with one attached hydrogen (secondary N) is 1. The highest BCUT2D eigenvalue weighted by molar-refractivity contribution is 9.10. The van der Waals surface area contributed by atoms with Crippen molar-refractivity contribution in [3.8, 4) is 0 Å². The van der Waals surface area contributed by atoms with Crippen LogP contribution in [0.1, 0.15) is 5.56 Å². The Balaban J connectivity index is 3.13. The molecule has 0 aromatic heterocycles. The quantitative estimate of drug-likeness (QED) is 0.928. The first-order valence-electron chi connectivity index (χ1n) is 4.40. The zero-order chi connectivity index (χ0) is 12.5. The van der Waals surface area contributed by atoms with Crippen molar-refractivity contribution in [1.29, 1.82) is 0 Å². The summed E-state index contributed by atoms with van der Waals surface area (Å²) in [7, 11) is -0.608. The van der Waals surface area contributed by atoms with Gasteiger partial charge in [-0.3, -0.25) is 4.72 Å². The Morgan fingerprint density at radius 3 is 2.44 bits per heavy atom. The Hall–Kier alpha value is -0.300. The van der Waals surface area contributed by atoms with Crippen LogP contribution < -0.4 is 4.72 Å². The number of hydrogen-bond donors (Lipinski definition) is 1. The summed E-state index contributed by atoms with van der Waals surface area (Å²) in [6.07, 6.45) is 0. The van der Waals surface area contributed by atoms with Crippen molar-refractivity contribution in [3.63, 3.8) is 0 Å². The SMILES string of the molecule is Cc1cc(Br)c(NS(=O)(=O)N(C)C)cc1Cl. The van der Waals surface area contributed by atoms with Gasteiger partial charge in [-0.1, -0.05) is 11.6 Å². The van der Waals surface area contributed by atoms with E-state index in [4.69, 9.17) is 11.6 Å². The van der Waals surface area contributed by atoms with E-state index in [-0.39, 0.29) is 0 Å². The van der Waals surface area contributed by atoms with E-state index < -0.39 is 10.2 Å². The average molecular weight is 328 g/mol. The second kappa shape index (κ2) is 4.91. The van der Waals surface area contributed by atoms with Crippen LogP contribution >= 0.6 is 27.5 Å². The largest absolute Gasteiger partial charge is 0.301 e. The number of rotatable bonds is 3. The summed E-state index contributed by atoms with van der Waals surface area (Å²) >= 11 is 9.20. The third-order valence-electron chi connectivity index (χ3n) is 1.97. The monoisotopic (exact) mass is 326 g/mol. The third-order valence-corrected chi connectivity index (χ3v) is 4.47. The van der Waals surface area contributed by atoms with Crippen molar-refractivity contribution in [2.24, 2.45) is 0 Å². The molecule has 0 radical (unpaired) electrons. The first-order chi connectivity index (χ1) is 7.24. The molecule has 0 fully saturated rings. The molecule has 1 N–H and O–H groups in total. The van der Waals surface area contributed by atoms with Crippen LogP contribution in [0.4, 0.5) is 5.69 Å². The lowest BCUT2D eigenvalue weighted by molar-refractivity contribution is 0.527. The minimum absolute atomic E-state index is 0.421. The molecule has 16 heavy (non-hydrogen) atoms. The van der Waals surface area contributed by atoms with Crippen LogP contribution in [0, 0.1) is 6.92 Å². The number of anilines is 1. The van der Waals surface area contributed by atoms with Gasteiger partial charge in [0.1, 0.15) is 0 Å². The molecule has 0 bridgehead atoms. The van der Waals surface area contributed by atoms with Crippen molar-refractivity contribution in [2.45, 2.75) is 6.92 Å². The molecule has 0 saturated carbocycles. The van der Waals surface area contributed by atoms with Gasteiger partial charge < -0.3 is 0 Å². The average Bonchev–Trinajstić information content (AvgIpc) is 2.13. The van der Waals surface area contributed by atoms with E-state index in [2.05, 4.69) is 20.7 Å². The van der Waals surface area contributed by atoms with Gasteiger partial charge in [0.25, 0.3) is 0 Å². The Morgan fingerprint density at radius 2 is 1.94 bits per heavy atom. The predicted molar refractivity (Wildman–Crippen MR) is 70.1 cm³/mol. The summed E-state index contributed by atoms with van der Waals surface area (Å²) in [4.78, 5) is 0. The topological polar surface area (TPSA) is 49.4 Å². The second-order valence-corrected chi connectivity index (χ2v) is 6.62. The predicted octanol–water partition coefficient (Wildman–Crippen LogP) is 2.63. The fraction of sp³-hybridized carbons (Fsp3) is 0.333. The van der Waals surface area contributed by atoms with Crippen LogP contribution in [0.3, 0.4) is 0 Å². The fourth-order valence-corrected chi connectivity index (χ4v) is 2.44. The van der Waals surface area contributed by atoms with Gasteiger partial charge in [-0.05, 0) is 40.5 Å². The second-order valence-electron chi connectivity index (χ2n) is 3.47. The lowest BCUT2D eigenvalue weighted by atomic mass is 10.2. The van der Waals surface area contributed by atoms with Gasteiger partial charge in [-0.15, -0.1) is 0 Å². The highest BCUT2D eigenvalue weighted by Crippen LogP contribution is 2.29. The highest BCUT2D eigenvalue weighted by Gasteiger charge is 2.15. The first kappa shape index (κ1) is 13.8. The molecule has 90 valence electrons. The molecular weight excluding hydrogens is 316 g/mol. The van der Waals surface area contributed by atoms with Gasteiger partial charge in [-0.25, -0.2) is 0 Å². The zero-order valence-electron chi connectivity index (χ0n) is 9.08. The molecule has 0 unspecified atom stereocenters. The van der Waals surface area contributed by atoms with E-state index in [1.165, 1.54) is 14.1 Å². The molecule has 0 aliphatic carbocycles. The van der Waals surface area contributed by atoms with Gasteiger partial charge in [0.05, 0.1) is 5.69 Å². The molecule has 1 aromatic carbocycles. The number of aryl methyl sites for hydroxylation is 1. The Labute approximate surface area is 109 Å². The minimum Gasteiger partial charge on any atom is -0.270 e. The maximum atomic E-state index is 11.6. The summed E-state index contributed by atoms with van der Waals surface area (Å²) in [6, 6.07) is 3.33. The number of nitrogens with zero attached hydrogens (tertiary/aromatic N) is 1. The molecule has 1 aromatic rings. The van der Waals surface area contributed by atoms with Crippen molar-refractivity contribution in [2.75, 3.05) is 18.8 Å². The number of benzene rings is 1. The van der Waals surface area contributed by atoms with E-state index in [9.17, 15) is 8.42 Å². The number of hydrogen-bond acceptors (Lipinski definition) is 2. The molecular formula is C9H12BrClN2O2S. The van der Waals surface area contributed by atoms with Crippen LogP contribution in [0.2, 0.25) is 5.02 Å². The van der Waals surface area contributed by atoms with E-state index in [1.54, 1.807) is 12.1 Å². The Morgan fingerprint density at radius 1 is 1.38 bits per heavy atom. The molecule has 0 amide bonds. The summed E-state index contributed by atoms with van der Waals surface area (Å²) in [5, 5.41) is 0.514. The summed E-state index contributed by atoms with van der Waals surface area (Å²) in [5.74, 6) is 0. The lowest BCUT2D eigenvalue weighted by Crippen LogP contribution is -2.29. The minimum atomic E-state index is -3.51. The van der Waals surface area contributed by atoms with Gasteiger partial charge >= 0.3 is 10.2 Å². The highest BCUT2D eigenvalue weighted by atomic mass is 79.9. The van der Waals surface area contributed by atoms with Crippen molar-refractivity contribution >= 4 is 43.4 Å². The first-order valence-corrected chi connectivity index (χ1v) is 7.01. The third kappa shape index (κ3) is 3.10. The van der Waals surface area contributed by atoms with Gasteiger partial charge in [0.15, 0.2) is 0 Å². The fourth-order valence-electron chi connectivity index (χ4n) is 0.955. The smallest absolute Gasteiger partial charge is 0.270 e. The summed E-state index contributed by atoms with van der Waals surface area (Å²) in [6.45, 7) is 1.84. The summed E-state index contributed by atoms with van der Waals surface area (Å²) < 4.78 is 27.4. The molecule has 4 nitrogen and oxygen atoms in total. The van der Waals surface area contributed by atoms with Crippen LogP contribution in [0.25, 0.3) is 0 Å². The van der Waals surface area contributed by atoms with E-state index >= 15 is 0 Å². The Bertz CT molecular complexity index is 502. The van der Waals surface area contributed by atoms with Crippen LogP contribution in [0.5, 0.6) is 0 Å². The van der Waals surface area contributed by atoms with E-state index in [0.29, 0.717) is 15.2 Å². The maximum absolute atomic E-state index is 11.6. The molecule has 7 heteroatoms. The Kier molecular flexibility index (Phi) is 4.23. The van der Waals surface area contributed by atoms with Gasteiger partial charge in [0.2, 0.25) is 0 Å². The summed E-state index contributed by atoms with van der Waals surface area (Å²) in [5.41, 5.74) is 1.30. The van der Waals surface area contributed by atoms with E-state index in [1.807, 2.05) is 6.92 Å².